The van der Waals surface area contributed by atoms with Crippen LogP contribution in [0.4, 0.5) is 0 Å². The standard InChI is InChI=1S/C14H18N2O4S/c1-3-10(2)13(14(17)18)16-21(19,20)9-12-7-5-4-6-11(12)8-15/h4-7,10,13,16H,3,9H2,1-2H3,(H,17,18). The van der Waals surface area contributed by atoms with E-state index in [4.69, 9.17) is 10.4 Å². The third kappa shape index (κ3) is 4.85. The highest BCUT2D eigenvalue weighted by Gasteiger charge is 2.28. The lowest BCUT2D eigenvalue weighted by Crippen LogP contribution is -2.45. The molecule has 0 heterocycles. The third-order valence-electron chi connectivity index (χ3n) is 3.27. The first kappa shape index (κ1) is 17.1. The second kappa shape index (κ2) is 7.20. The van der Waals surface area contributed by atoms with Crippen LogP contribution in [0.3, 0.4) is 0 Å². The lowest BCUT2D eigenvalue weighted by molar-refractivity contribution is -0.140. The molecule has 2 unspecified atom stereocenters. The van der Waals surface area contributed by atoms with Crippen LogP contribution in [0.1, 0.15) is 31.4 Å². The fourth-order valence-electron chi connectivity index (χ4n) is 1.84. The lowest BCUT2D eigenvalue weighted by atomic mass is 10.0. The molecule has 114 valence electrons. The van der Waals surface area contributed by atoms with E-state index in [0.29, 0.717) is 12.0 Å². The van der Waals surface area contributed by atoms with Crippen molar-refractivity contribution in [3.63, 3.8) is 0 Å². The molecular formula is C14H18N2O4S. The van der Waals surface area contributed by atoms with Crippen LogP contribution in [0.2, 0.25) is 0 Å². The summed E-state index contributed by atoms with van der Waals surface area (Å²) >= 11 is 0. The Balaban J connectivity index is 2.96. The van der Waals surface area contributed by atoms with Crippen LogP contribution in [-0.4, -0.2) is 25.5 Å². The zero-order valence-electron chi connectivity index (χ0n) is 11.9. The zero-order chi connectivity index (χ0) is 16.0. The van der Waals surface area contributed by atoms with E-state index < -0.39 is 27.8 Å². The van der Waals surface area contributed by atoms with Crippen LogP contribution in [0.25, 0.3) is 0 Å². The molecule has 0 aromatic heterocycles. The van der Waals surface area contributed by atoms with E-state index in [9.17, 15) is 13.2 Å². The average Bonchev–Trinajstić information content (AvgIpc) is 2.44. The molecule has 0 saturated heterocycles. The Morgan fingerprint density at radius 1 is 1.43 bits per heavy atom. The van der Waals surface area contributed by atoms with Crippen molar-refractivity contribution in [3.8, 4) is 6.07 Å². The van der Waals surface area contributed by atoms with Gasteiger partial charge in [0.2, 0.25) is 10.0 Å². The maximum absolute atomic E-state index is 12.1. The monoisotopic (exact) mass is 310 g/mol. The van der Waals surface area contributed by atoms with Gasteiger partial charge in [-0.15, -0.1) is 0 Å². The maximum atomic E-state index is 12.1. The van der Waals surface area contributed by atoms with Crippen molar-refractivity contribution in [1.82, 2.24) is 4.72 Å². The average molecular weight is 310 g/mol. The van der Waals surface area contributed by atoms with Gasteiger partial charge in [0.1, 0.15) is 6.04 Å². The Bertz CT molecular complexity index is 649. The van der Waals surface area contributed by atoms with E-state index in [-0.39, 0.29) is 11.5 Å². The Morgan fingerprint density at radius 2 is 2.05 bits per heavy atom. The lowest BCUT2D eigenvalue weighted by Gasteiger charge is -2.20. The van der Waals surface area contributed by atoms with E-state index in [1.807, 2.05) is 6.07 Å². The van der Waals surface area contributed by atoms with Gasteiger partial charge in [-0.3, -0.25) is 4.79 Å². The van der Waals surface area contributed by atoms with Crippen molar-refractivity contribution < 1.29 is 18.3 Å². The predicted molar refractivity (Wildman–Crippen MR) is 77.8 cm³/mol. The highest BCUT2D eigenvalue weighted by atomic mass is 32.2. The summed E-state index contributed by atoms with van der Waals surface area (Å²) in [4.78, 5) is 11.2. The smallest absolute Gasteiger partial charge is 0.322 e. The van der Waals surface area contributed by atoms with Gasteiger partial charge >= 0.3 is 5.97 Å². The van der Waals surface area contributed by atoms with Crippen molar-refractivity contribution >= 4 is 16.0 Å². The molecule has 0 aliphatic heterocycles. The number of sulfonamides is 1. The van der Waals surface area contributed by atoms with Crippen molar-refractivity contribution in [2.75, 3.05) is 0 Å². The fraction of sp³-hybridized carbons (Fsp3) is 0.429. The number of nitriles is 1. The van der Waals surface area contributed by atoms with E-state index >= 15 is 0 Å². The number of aliphatic carboxylic acids is 1. The van der Waals surface area contributed by atoms with E-state index in [2.05, 4.69) is 4.72 Å². The number of carboxylic acids is 1. The maximum Gasteiger partial charge on any atom is 0.322 e. The minimum Gasteiger partial charge on any atom is -0.480 e. The van der Waals surface area contributed by atoms with Crippen LogP contribution in [-0.2, 0) is 20.6 Å². The molecule has 0 amide bonds. The first-order valence-electron chi connectivity index (χ1n) is 6.51. The quantitative estimate of drug-likeness (QED) is 0.793. The fourth-order valence-corrected chi connectivity index (χ4v) is 3.31. The van der Waals surface area contributed by atoms with Crippen molar-refractivity contribution in [1.29, 1.82) is 5.26 Å². The first-order chi connectivity index (χ1) is 9.80. The molecule has 1 aromatic rings. The minimum absolute atomic E-state index is 0.262. The SMILES string of the molecule is CCC(C)C(NS(=O)(=O)Cc1ccccc1C#N)C(=O)O. The number of hydrogen-bond donors (Lipinski definition) is 2. The number of carbonyl (C=O) groups is 1. The van der Waals surface area contributed by atoms with Crippen molar-refractivity contribution in [2.45, 2.75) is 32.1 Å². The second-order valence-electron chi connectivity index (χ2n) is 4.85. The molecule has 1 rings (SSSR count). The van der Waals surface area contributed by atoms with E-state index in [1.54, 1.807) is 26.0 Å². The Labute approximate surface area is 124 Å². The minimum atomic E-state index is -3.85. The highest BCUT2D eigenvalue weighted by molar-refractivity contribution is 7.88. The summed E-state index contributed by atoms with van der Waals surface area (Å²) in [7, 11) is -3.85. The summed E-state index contributed by atoms with van der Waals surface area (Å²) < 4.78 is 26.4. The largest absolute Gasteiger partial charge is 0.480 e. The summed E-state index contributed by atoms with van der Waals surface area (Å²) in [6.07, 6.45) is 0.536. The molecule has 0 radical (unpaired) electrons. The first-order valence-corrected chi connectivity index (χ1v) is 8.16. The zero-order valence-corrected chi connectivity index (χ0v) is 12.7. The molecule has 0 aliphatic rings. The third-order valence-corrected chi connectivity index (χ3v) is 4.57. The molecule has 0 spiro atoms. The molecule has 2 atom stereocenters. The van der Waals surface area contributed by atoms with E-state index in [1.165, 1.54) is 12.1 Å². The molecule has 1 aromatic carbocycles. The van der Waals surface area contributed by atoms with Crippen LogP contribution < -0.4 is 4.72 Å². The van der Waals surface area contributed by atoms with Crippen LogP contribution >= 0.6 is 0 Å². The van der Waals surface area contributed by atoms with Gasteiger partial charge in [-0.05, 0) is 17.5 Å². The van der Waals surface area contributed by atoms with Gasteiger partial charge in [0.05, 0.1) is 17.4 Å². The summed E-state index contributed by atoms with van der Waals surface area (Å²) in [6.45, 7) is 3.46. The van der Waals surface area contributed by atoms with Crippen molar-refractivity contribution in [3.05, 3.63) is 35.4 Å². The van der Waals surface area contributed by atoms with Crippen LogP contribution in [0, 0.1) is 17.2 Å². The summed E-state index contributed by atoms with van der Waals surface area (Å²) in [5.74, 6) is -1.96. The topological polar surface area (TPSA) is 107 Å². The summed E-state index contributed by atoms with van der Waals surface area (Å²) in [5.41, 5.74) is 0.610. The van der Waals surface area contributed by atoms with Gasteiger partial charge < -0.3 is 5.11 Å². The molecule has 2 N–H and O–H groups in total. The van der Waals surface area contributed by atoms with Crippen LogP contribution in [0.15, 0.2) is 24.3 Å². The van der Waals surface area contributed by atoms with Gasteiger partial charge in [0.25, 0.3) is 0 Å². The highest BCUT2D eigenvalue weighted by Crippen LogP contribution is 2.14. The number of hydrogen-bond acceptors (Lipinski definition) is 4. The second-order valence-corrected chi connectivity index (χ2v) is 6.60. The van der Waals surface area contributed by atoms with E-state index in [0.717, 1.165) is 0 Å². The number of nitrogens with one attached hydrogen (secondary N) is 1. The van der Waals surface area contributed by atoms with Gasteiger partial charge in [-0.1, -0.05) is 38.5 Å². The molecule has 0 bridgehead atoms. The predicted octanol–water partition coefficient (Wildman–Crippen LogP) is 1.48. The van der Waals surface area contributed by atoms with Gasteiger partial charge in [-0.2, -0.15) is 5.26 Å². The Morgan fingerprint density at radius 3 is 2.57 bits per heavy atom. The summed E-state index contributed by atoms with van der Waals surface area (Å²) in [5, 5.41) is 18.1. The molecule has 6 nitrogen and oxygen atoms in total. The Hall–Kier alpha value is -1.91. The van der Waals surface area contributed by atoms with Crippen LogP contribution in [0.5, 0.6) is 0 Å². The summed E-state index contributed by atoms with van der Waals surface area (Å²) in [6, 6.07) is 7.08. The number of carboxylic acid groups (broad SMARTS) is 1. The van der Waals surface area contributed by atoms with Gasteiger partial charge in [0.15, 0.2) is 0 Å². The number of nitrogens with zero attached hydrogens (tertiary/aromatic N) is 1. The van der Waals surface area contributed by atoms with Crippen molar-refractivity contribution in [2.24, 2.45) is 5.92 Å². The Kier molecular flexibility index (Phi) is 5.88. The molecule has 21 heavy (non-hydrogen) atoms. The molecule has 0 aliphatic carbocycles. The normalized spacial score (nSPS) is 14.1. The number of benzene rings is 1. The van der Waals surface area contributed by atoms with Gasteiger partial charge in [0, 0.05) is 0 Å². The molecular weight excluding hydrogens is 292 g/mol. The molecule has 0 fully saturated rings. The molecule has 0 saturated carbocycles. The number of rotatable bonds is 7. The molecule has 7 heteroatoms. The van der Waals surface area contributed by atoms with Gasteiger partial charge in [-0.25, -0.2) is 13.1 Å².